The maximum absolute atomic E-state index is 12.1. The summed E-state index contributed by atoms with van der Waals surface area (Å²) in [4.78, 5) is 18.7. The fourth-order valence-corrected chi connectivity index (χ4v) is 3.31. The first-order valence-electron chi connectivity index (χ1n) is 9.30. The van der Waals surface area contributed by atoms with Crippen molar-refractivity contribution in [1.29, 1.82) is 0 Å². The van der Waals surface area contributed by atoms with Gasteiger partial charge in [-0.2, -0.15) is 4.98 Å². The summed E-state index contributed by atoms with van der Waals surface area (Å²) < 4.78 is 5.53. The molecule has 1 aromatic carbocycles. The van der Waals surface area contributed by atoms with E-state index in [0.29, 0.717) is 30.6 Å². The average Bonchev–Trinajstić information content (AvgIpc) is 3.12. The second kappa shape index (κ2) is 7.81. The van der Waals surface area contributed by atoms with Gasteiger partial charge in [0.05, 0.1) is 5.92 Å². The minimum atomic E-state index is 0.144. The third-order valence-corrected chi connectivity index (χ3v) is 4.86. The Morgan fingerprint density at radius 3 is 2.76 bits per heavy atom. The van der Waals surface area contributed by atoms with Crippen LogP contribution in [0.4, 0.5) is 0 Å². The zero-order valence-corrected chi connectivity index (χ0v) is 15.4. The van der Waals surface area contributed by atoms with Crippen LogP contribution in [0, 0.1) is 0 Å². The molecule has 1 saturated heterocycles. The van der Waals surface area contributed by atoms with E-state index in [0.717, 1.165) is 31.4 Å². The Morgan fingerprint density at radius 2 is 2.08 bits per heavy atom. The summed E-state index contributed by atoms with van der Waals surface area (Å²) in [5.41, 5.74) is 2.26. The Kier molecular flexibility index (Phi) is 5.51. The molecular formula is C20H27N3O2. The van der Waals surface area contributed by atoms with Crippen molar-refractivity contribution in [2.75, 3.05) is 13.1 Å². The maximum Gasteiger partial charge on any atom is 0.231 e. The summed E-state index contributed by atoms with van der Waals surface area (Å²) >= 11 is 0. The lowest BCUT2D eigenvalue weighted by Gasteiger charge is -2.31. The van der Waals surface area contributed by atoms with Gasteiger partial charge in [-0.15, -0.1) is 0 Å². The van der Waals surface area contributed by atoms with E-state index in [1.54, 1.807) is 0 Å². The van der Waals surface area contributed by atoms with Crippen molar-refractivity contribution in [3.63, 3.8) is 0 Å². The molecular weight excluding hydrogens is 314 g/mol. The molecule has 5 nitrogen and oxygen atoms in total. The number of carbonyl (C=O) groups is 1. The van der Waals surface area contributed by atoms with Gasteiger partial charge in [0.15, 0.2) is 0 Å². The van der Waals surface area contributed by atoms with Crippen LogP contribution in [0.2, 0.25) is 0 Å². The van der Waals surface area contributed by atoms with E-state index >= 15 is 0 Å². The van der Waals surface area contributed by atoms with Gasteiger partial charge in [0, 0.05) is 25.1 Å². The summed E-state index contributed by atoms with van der Waals surface area (Å²) in [6.45, 7) is 7.92. The van der Waals surface area contributed by atoms with Gasteiger partial charge in [0.2, 0.25) is 17.6 Å². The van der Waals surface area contributed by atoms with Crippen LogP contribution in [-0.4, -0.2) is 34.0 Å². The summed E-state index contributed by atoms with van der Waals surface area (Å²) in [7, 11) is 0. The van der Waals surface area contributed by atoms with Crippen LogP contribution in [0.25, 0.3) is 11.4 Å². The molecule has 1 aromatic heterocycles. The Hall–Kier alpha value is -2.17. The molecule has 0 aliphatic carbocycles. The molecule has 5 heteroatoms. The van der Waals surface area contributed by atoms with E-state index in [1.807, 2.05) is 24.0 Å². The van der Waals surface area contributed by atoms with Gasteiger partial charge in [-0.3, -0.25) is 4.79 Å². The van der Waals surface area contributed by atoms with Crippen molar-refractivity contribution in [1.82, 2.24) is 15.0 Å². The number of piperidine rings is 1. The highest BCUT2D eigenvalue weighted by Crippen LogP contribution is 2.28. The average molecular weight is 341 g/mol. The fourth-order valence-electron chi connectivity index (χ4n) is 3.31. The second-order valence-corrected chi connectivity index (χ2v) is 7.16. The number of likely N-dealkylation sites (tertiary alicyclic amines) is 1. The van der Waals surface area contributed by atoms with E-state index in [9.17, 15) is 4.79 Å². The Morgan fingerprint density at radius 1 is 1.32 bits per heavy atom. The van der Waals surface area contributed by atoms with Gasteiger partial charge < -0.3 is 9.42 Å². The molecule has 0 spiro atoms. The summed E-state index contributed by atoms with van der Waals surface area (Å²) in [5, 5.41) is 4.15. The number of aromatic nitrogens is 2. The molecule has 134 valence electrons. The Bertz CT molecular complexity index is 706. The van der Waals surface area contributed by atoms with Crippen LogP contribution >= 0.6 is 0 Å². The highest BCUT2D eigenvalue weighted by molar-refractivity contribution is 5.76. The molecule has 1 fully saturated rings. The highest BCUT2D eigenvalue weighted by Gasteiger charge is 2.28. The van der Waals surface area contributed by atoms with E-state index in [1.165, 1.54) is 5.56 Å². The zero-order valence-electron chi connectivity index (χ0n) is 15.4. The topological polar surface area (TPSA) is 59.2 Å². The van der Waals surface area contributed by atoms with Crippen LogP contribution in [0.5, 0.6) is 0 Å². The minimum Gasteiger partial charge on any atom is -0.342 e. The smallest absolute Gasteiger partial charge is 0.231 e. The van der Waals surface area contributed by atoms with Crippen LogP contribution in [0.15, 0.2) is 28.8 Å². The molecule has 0 bridgehead atoms. The first-order chi connectivity index (χ1) is 12.1. The third kappa shape index (κ3) is 4.09. The van der Waals surface area contributed by atoms with Gasteiger partial charge in [-0.05, 0) is 30.7 Å². The highest BCUT2D eigenvalue weighted by atomic mass is 16.5. The maximum atomic E-state index is 12.1. The molecule has 1 atom stereocenters. The lowest BCUT2D eigenvalue weighted by molar-refractivity contribution is -0.132. The largest absolute Gasteiger partial charge is 0.342 e. The number of rotatable bonds is 5. The first-order valence-corrected chi connectivity index (χ1v) is 9.30. The number of hydrogen-bond acceptors (Lipinski definition) is 4. The molecule has 2 aromatic rings. The number of nitrogens with zero attached hydrogens (tertiary/aromatic N) is 3. The normalized spacial score (nSPS) is 17.9. The standard InChI is InChI=1S/C20H27N3O2/c1-4-6-18(24)23-12-5-7-17(13-23)20-21-19(22-25-20)16-10-8-15(9-11-16)14(2)3/h8-11,14,17H,4-7,12-13H2,1-3H3/t17-/m0/s1. The molecule has 1 aliphatic rings. The summed E-state index contributed by atoms with van der Waals surface area (Å²) in [5.74, 6) is 2.16. The number of carbonyl (C=O) groups excluding carboxylic acids is 1. The van der Waals surface area contributed by atoms with Gasteiger partial charge >= 0.3 is 0 Å². The lowest BCUT2D eigenvalue weighted by Crippen LogP contribution is -2.39. The SMILES string of the molecule is CCCC(=O)N1CCC[C@H](c2nc(-c3ccc(C(C)C)cc3)no2)C1. The van der Waals surface area contributed by atoms with Crippen molar-refractivity contribution >= 4 is 5.91 Å². The quantitative estimate of drug-likeness (QED) is 0.810. The van der Waals surface area contributed by atoms with E-state index < -0.39 is 0 Å². The Labute approximate surface area is 149 Å². The summed E-state index contributed by atoms with van der Waals surface area (Å²) in [6.07, 6.45) is 3.48. The van der Waals surface area contributed by atoms with Crippen molar-refractivity contribution < 1.29 is 9.32 Å². The van der Waals surface area contributed by atoms with Crippen LogP contribution in [0.1, 0.15) is 69.7 Å². The second-order valence-electron chi connectivity index (χ2n) is 7.16. The first kappa shape index (κ1) is 17.6. The molecule has 3 rings (SSSR count). The Balaban J connectivity index is 1.71. The van der Waals surface area contributed by atoms with Crippen LogP contribution in [0.3, 0.4) is 0 Å². The predicted molar refractivity (Wildman–Crippen MR) is 97.3 cm³/mol. The van der Waals surface area contributed by atoms with Crippen molar-refractivity contribution in [2.24, 2.45) is 0 Å². The fraction of sp³-hybridized carbons (Fsp3) is 0.550. The van der Waals surface area contributed by atoms with Crippen LogP contribution in [-0.2, 0) is 4.79 Å². The van der Waals surface area contributed by atoms with Crippen molar-refractivity contribution in [3.05, 3.63) is 35.7 Å². The number of hydrogen-bond donors (Lipinski definition) is 0. The molecule has 2 heterocycles. The van der Waals surface area contributed by atoms with E-state index in [4.69, 9.17) is 4.52 Å². The van der Waals surface area contributed by atoms with Gasteiger partial charge in [-0.25, -0.2) is 0 Å². The third-order valence-electron chi connectivity index (χ3n) is 4.86. The monoisotopic (exact) mass is 341 g/mol. The molecule has 25 heavy (non-hydrogen) atoms. The van der Waals surface area contributed by atoms with Crippen molar-refractivity contribution in [2.45, 2.75) is 58.3 Å². The van der Waals surface area contributed by atoms with Gasteiger partial charge in [0.1, 0.15) is 0 Å². The molecule has 0 unspecified atom stereocenters. The zero-order chi connectivity index (χ0) is 17.8. The lowest BCUT2D eigenvalue weighted by atomic mass is 9.97. The number of benzene rings is 1. The van der Waals surface area contributed by atoms with Gasteiger partial charge in [-0.1, -0.05) is 50.2 Å². The molecule has 0 radical (unpaired) electrons. The van der Waals surface area contributed by atoms with E-state index in [2.05, 4.69) is 36.1 Å². The molecule has 0 N–H and O–H groups in total. The van der Waals surface area contributed by atoms with E-state index in [-0.39, 0.29) is 11.8 Å². The van der Waals surface area contributed by atoms with Crippen molar-refractivity contribution in [3.8, 4) is 11.4 Å². The number of amides is 1. The molecule has 0 saturated carbocycles. The van der Waals surface area contributed by atoms with Gasteiger partial charge in [0.25, 0.3) is 0 Å². The molecule has 1 amide bonds. The summed E-state index contributed by atoms with van der Waals surface area (Å²) in [6, 6.07) is 8.31. The minimum absolute atomic E-state index is 0.144. The van der Waals surface area contributed by atoms with Crippen LogP contribution < -0.4 is 0 Å². The molecule has 1 aliphatic heterocycles. The predicted octanol–water partition coefficient (Wildman–Crippen LogP) is 4.37.